The smallest absolute Gasteiger partial charge is 0.408 e. The van der Waals surface area contributed by atoms with Gasteiger partial charge in [0.2, 0.25) is 0 Å². The average molecular weight is 282 g/mol. The fraction of sp³-hybridized carbons (Fsp3) is 0.125. The lowest BCUT2D eigenvalue weighted by atomic mass is 9.97. The Morgan fingerprint density at radius 1 is 1.29 bits per heavy atom. The van der Waals surface area contributed by atoms with E-state index in [1.807, 2.05) is 0 Å². The molecule has 1 fully saturated rings. The molecule has 1 N–H and O–H groups in total. The number of aromatic nitrogens is 1. The van der Waals surface area contributed by atoms with Crippen LogP contribution in [-0.2, 0) is 4.74 Å². The summed E-state index contributed by atoms with van der Waals surface area (Å²) in [6, 6.07) is 7.25. The van der Waals surface area contributed by atoms with Gasteiger partial charge in [-0.15, -0.1) is 6.42 Å². The molecule has 1 aliphatic rings. The van der Waals surface area contributed by atoms with E-state index in [0.29, 0.717) is 16.7 Å². The van der Waals surface area contributed by atoms with Crippen LogP contribution in [0, 0.1) is 18.2 Å². The van der Waals surface area contributed by atoms with Crippen molar-refractivity contribution < 1.29 is 13.9 Å². The number of terminal acetylenes is 1. The van der Waals surface area contributed by atoms with Crippen LogP contribution >= 0.6 is 0 Å². The number of carbonyl (C=O) groups is 1. The summed E-state index contributed by atoms with van der Waals surface area (Å²) in [4.78, 5) is 15.6. The molecule has 1 amide bonds. The predicted octanol–water partition coefficient (Wildman–Crippen LogP) is 2.72. The van der Waals surface area contributed by atoms with Crippen LogP contribution in [0.2, 0.25) is 0 Å². The number of benzene rings is 1. The monoisotopic (exact) mass is 282 g/mol. The highest BCUT2D eigenvalue weighted by Crippen LogP contribution is 2.36. The lowest BCUT2D eigenvalue weighted by molar-refractivity contribution is 0.132. The summed E-state index contributed by atoms with van der Waals surface area (Å²) in [6.45, 7) is 0. The maximum Gasteiger partial charge on any atom is 0.408 e. The number of pyridine rings is 1. The standard InChI is InChI=1S/C16H11FN2O2/c1-2-10-6-12(9-18-8-10)14-15(21-16(20)19-14)11-4-3-5-13(17)7-11/h1,3-9,14-15H,(H,19,20). The van der Waals surface area contributed by atoms with E-state index in [4.69, 9.17) is 11.2 Å². The second-order valence-electron chi connectivity index (χ2n) is 4.65. The van der Waals surface area contributed by atoms with Crippen molar-refractivity contribution >= 4 is 6.09 Å². The van der Waals surface area contributed by atoms with Gasteiger partial charge in [-0.2, -0.15) is 0 Å². The van der Waals surface area contributed by atoms with Gasteiger partial charge in [-0.3, -0.25) is 4.98 Å². The van der Waals surface area contributed by atoms with E-state index in [1.54, 1.807) is 30.6 Å². The molecule has 4 nitrogen and oxygen atoms in total. The minimum atomic E-state index is -0.622. The highest BCUT2D eigenvalue weighted by atomic mass is 19.1. The molecule has 0 saturated carbocycles. The van der Waals surface area contributed by atoms with Gasteiger partial charge in [0.05, 0.1) is 0 Å². The van der Waals surface area contributed by atoms with Gasteiger partial charge in [0.25, 0.3) is 0 Å². The minimum Gasteiger partial charge on any atom is -0.439 e. The van der Waals surface area contributed by atoms with Gasteiger partial charge in [-0.05, 0) is 29.3 Å². The van der Waals surface area contributed by atoms with Gasteiger partial charge in [-0.25, -0.2) is 9.18 Å². The quantitative estimate of drug-likeness (QED) is 0.862. The molecule has 1 aromatic heterocycles. The number of hydrogen-bond donors (Lipinski definition) is 1. The Hall–Kier alpha value is -2.87. The first-order chi connectivity index (χ1) is 10.2. The number of amides is 1. The third kappa shape index (κ3) is 2.56. The minimum absolute atomic E-state index is 0.385. The molecule has 5 heteroatoms. The molecule has 0 bridgehead atoms. The van der Waals surface area contributed by atoms with Crippen LogP contribution in [0.4, 0.5) is 9.18 Å². The van der Waals surface area contributed by atoms with Crippen LogP contribution in [0.5, 0.6) is 0 Å². The van der Waals surface area contributed by atoms with E-state index in [0.717, 1.165) is 0 Å². The van der Waals surface area contributed by atoms with Crippen molar-refractivity contribution in [3.63, 3.8) is 0 Å². The molecule has 2 heterocycles. The number of cyclic esters (lactones) is 1. The molecule has 0 aliphatic carbocycles. The maximum absolute atomic E-state index is 13.4. The molecule has 1 aliphatic heterocycles. The van der Waals surface area contributed by atoms with E-state index in [-0.39, 0.29) is 5.82 Å². The normalized spacial score (nSPS) is 20.5. The maximum atomic E-state index is 13.4. The second kappa shape index (κ2) is 5.25. The van der Waals surface area contributed by atoms with Crippen LogP contribution in [0.25, 0.3) is 0 Å². The third-order valence-electron chi connectivity index (χ3n) is 3.27. The van der Waals surface area contributed by atoms with Gasteiger partial charge < -0.3 is 10.1 Å². The number of alkyl carbamates (subject to hydrolysis) is 1. The van der Waals surface area contributed by atoms with Crippen LogP contribution in [0.3, 0.4) is 0 Å². The van der Waals surface area contributed by atoms with Crippen molar-refractivity contribution in [2.24, 2.45) is 0 Å². The Balaban J connectivity index is 1.99. The third-order valence-corrected chi connectivity index (χ3v) is 3.27. The molecule has 2 unspecified atom stereocenters. The highest BCUT2D eigenvalue weighted by Gasteiger charge is 2.36. The Kier molecular flexibility index (Phi) is 3.28. The van der Waals surface area contributed by atoms with E-state index in [1.165, 1.54) is 12.1 Å². The Morgan fingerprint density at radius 2 is 2.14 bits per heavy atom. The SMILES string of the molecule is C#Cc1cncc(C2NC(=O)OC2c2cccc(F)c2)c1. The fourth-order valence-corrected chi connectivity index (χ4v) is 2.33. The molecular formula is C16H11FN2O2. The Bertz CT molecular complexity index is 739. The zero-order valence-corrected chi connectivity index (χ0v) is 10.9. The predicted molar refractivity (Wildman–Crippen MR) is 73.7 cm³/mol. The highest BCUT2D eigenvalue weighted by molar-refractivity contribution is 5.71. The first-order valence-corrected chi connectivity index (χ1v) is 6.31. The lowest BCUT2D eigenvalue weighted by Gasteiger charge is -2.17. The van der Waals surface area contributed by atoms with Crippen molar-refractivity contribution in [1.29, 1.82) is 0 Å². The molecule has 2 aromatic rings. The largest absolute Gasteiger partial charge is 0.439 e. The molecule has 1 aromatic carbocycles. The van der Waals surface area contributed by atoms with Gasteiger partial charge >= 0.3 is 6.09 Å². The molecule has 1 saturated heterocycles. The molecule has 0 radical (unpaired) electrons. The van der Waals surface area contributed by atoms with Crippen molar-refractivity contribution in [2.45, 2.75) is 12.1 Å². The second-order valence-corrected chi connectivity index (χ2v) is 4.65. The lowest BCUT2D eigenvalue weighted by Crippen LogP contribution is -2.19. The Morgan fingerprint density at radius 3 is 2.90 bits per heavy atom. The van der Waals surface area contributed by atoms with Crippen LogP contribution in [0.15, 0.2) is 42.7 Å². The van der Waals surface area contributed by atoms with E-state index >= 15 is 0 Å². The summed E-state index contributed by atoms with van der Waals surface area (Å²) in [5.41, 5.74) is 1.89. The Labute approximate surface area is 121 Å². The van der Waals surface area contributed by atoms with Gasteiger partial charge in [-0.1, -0.05) is 18.1 Å². The summed E-state index contributed by atoms with van der Waals surface area (Å²) in [5.74, 6) is 2.11. The molecule has 3 rings (SSSR count). The summed E-state index contributed by atoms with van der Waals surface area (Å²) < 4.78 is 18.6. The summed E-state index contributed by atoms with van der Waals surface area (Å²) in [5, 5.41) is 2.70. The van der Waals surface area contributed by atoms with Crippen molar-refractivity contribution in [1.82, 2.24) is 10.3 Å². The molecule has 2 atom stereocenters. The van der Waals surface area contributed by atoms with Crippen molar-refractivity contribution in [3.05, 3.63) is 65.2 Å². The fourth-order valence-electron chi connectivity index (χ4n) is 2.33. The number of carbonyl (C=O) groups excluding carboxylic acids is 1. The van der Waals surface area contributed by atoms with E-state index in [9.17, 15) is 9.18 Å². The molecule has 21 heavy (non-hydrogen) atoms. The number of halogens is 1. The van der Waals surface area contributed by atoms with Crippen molar-refractivity contribution in [2.75, 3.05) is 0 Å². The van der Waals surface area contributed by atoms with Gasteiger partial charge in [0.1, 0.15) is 11.9 Å². The number of hydrogen-bond acceptors (Lipinski definition) is 3. The summed E-state index contributed by atoms with van der Waals surface area (Å²) in [7, 11) is 0. The topological polar surface area (TPSA) is 51.2 Å². The number of nitrogens with zero attached hydrogens (tertiary/aromatic N) is 1. The first-order valence-electron chi connectivity index (χ1n) is 6.31. The van der Waals surface area contributed by atoms with E-state index < -0.39 is 18.2 Å². The molecule has 104 valence electrons. The first kappa shape index (κ1) is 13.1. The average Bonchev–Trinajstić information content (AvgIpc) is 2.89. The number of nitrogens with one attached hydrogen (secondary N) is 1. The van der Waals surface area contributed by atoms with Crippen LogP contribution in [-0.4, -0.2) is 11.1 Å². The number of rotatable bonds is 2. The zero-order valence-electron chi connectivity index (χ0n) is 10.9. The number of ether oxygens (including phenoxy) is 1. The van der Waals surface area contributed by atoms with Gasteiger partial charge in [0, 0.05) is 18.0 Å². The van der Waals surface area contributed by atoms with Gasteiger partial charge in [0.15, 0.2) is 6.10 Å². The van der Waals surface area contributed by atoms with Crippen molar-refractivity contribution in [3.8, 4) is 12.3 Å². The molecular weight excluding hydrogens is 271 g/mol. The summed E-state index contributed by atoms with van der Waals surface area (Å²) >= 11 is 0. The summed E-state index contributed by atoms with van der Waals surface area (Å²) in [6.07, 6.45) is 7.33. The van der Waals surface area contributed by atoms with E-state index in [2.05, 4.69) is 16.2 Å². The van der Waals surface area contributed by atoms with Crippen LogP contribution < -0.4 is 5.32 Å². The molecule has 0 spiro atoms. The van der Waals surface area contributed by atoms with Crippen LogP contribution in [0.1, 0.15) is 28.8 Å². The zero-order chi connectivity index (χ0) is 14.8.